The SMILES string of the molecule is CCOCCN1CCC(c2nnc(-c3ccoc3)o2)CC1. The van der Waals surface area contributed by atoms with E-state index in [2.05, 4.69) is 15.1 Å². The highest BCUT2D eigenvalue weighted by molar-refractivity contribution is 5.49. The summed E-state index contributed by atoms with van der Waals surface area (Å²) in [5.74, 6) is 1.65. The molecule has 6 heteroatoms. The van der Waals surface area contributed by atoms with Crippen molar-refractivity contribution in [3.05, 3.63) is 24.5 Å². The summed E-state index contributed by atoms with van der Waals surface area (Å²) in [7, 11) is 0. The van der Waals surface area contributed by atoms with Gasteiger partial charge in [-0.05, 0) is 38.9 Å². The molecular weight excluding hydrogens is 270 g/mol. The van der Waals surface area contributed by atoms with Gasteiger partial charge in [-0.3, -0.25) is 0 Å². The number of furan rings is 1. The van der Waals surface area contributed by atoms with Crippen LogP contribution in [0.5, 0.6) is 0 Å². The molecule has 114 valence electrons. The van der Waals surface area contributed by atoms with Crippen LogP contribution in [0, 0.1) is 0 Å². The van der Waals surface area contributed by atoms with E-state index >= 15 is 0 Å². The smallest absolute Gasteiger partial charge is 0.250 e. The van der Waals surface area contributed by atoms with Gasteiger partial charge in [0.2, 0.25) is 5.89 Å². The quantitative estimate of drug-likeness (QED) is 0.762. The minimum absolute atomic E-state index is 0.362. The van der Waals surface area contributed by atoms with Gasteiger partial charge in [-0.25, -0.2) is 0 Å². The maximum atomic E-state index is 5.78. The van der Waals surface area contributed by atoms with Gasteiger partial charge in [0.15, 0.2) is 0 Å². The van der Waals surface area contributed by atoms with E-state index in [1.165, 1.54) is 0 Å². The predicted octanol–water partition coefficient (Wildman–Crippen LogP) is 2.55. The van der Waals surface area contributed by atoms with Gasteiger partial charge < -0.3 is 18.5 Å². The Labute approximate surface area is 124 Å². The highest BCUT2D eigenvalue weighted by Gasteiger charge is 2.25. The summed E-state index contributed by atoms with van der Waals surface area (Å²) in [5.41, 5.74) is 0.836. The largest absolute Gasteiger partial charge is 0.472 e. The second-order valence-electron chi connectivity index (χ2n) is 5.27. The third kappa shape index (κ3) is 3.51. The molecule has 3 heterocycles. The number of ether oxygens (including phenoxy) is 1. The van der Waals surface area contributed by atoms with Crippen molar-refractivity contribution in [2.75, 3.05) is 32.8 Å². The van der Waals surface area contributed by atoms with Crippen LogP contribution in [0.3, 0.4) is 0 Å². The van der Waals surface area contributed by atoms with Crippen molar-refractivity contribution in [1.29, 1.82) is 0 Å². The molecule has 0 spiro atoms. The van der Waals surface area contributed by atoms with Crippen LogP contribution in [0.2, 0.25) is 0 Å². The lowest BCUT2D eigenvalue weighted by Gasteiger charge is -2.30. The lowest BCUT2D eigenvalue weighted by Crippen LogP contribution is -2.35. The Morgan fingerprint density at radius 3 is 2.90 bits per heavy atom. The van der Waals surface area contributed by atoms with Crippen molar-refractivity contribution >= 4 is 0 Å². The Balaban J connectivity index is 1.53. The average molecular weight is 291 g/mol. The average Bonchev–Trinajstić information content (AvgIpc) is 3.19. The molecular formula is C15H21N3O3. The molecule has 0 aliphatic carbocycles. The molecule has 6 nitrogen and oxygen atoms in total. The zero-order chi connectivity index (χ0) is 14.5. The maximum Gasteiger partial charge on any atom is 0.250 e. The fourth-order valence-electron chi connectivity index (χ4n) is 2.64. The van der Waals surface area contributed by atoms with Crippen LogP contribution < -0.4 is 0 Å². The minimum Gasteiger partial charge on any atom is -0.472 e. The molecule has 1 saturated heterocycles. The van der Waals surface area contributed by atoms with Crippen LogP contribution in [0.1, 0.15) is 31.6 Å². The molecule has 1 aliphatic heterocycles. The molecule has 0 bridgehead atoms. The van der Waals surface area contributed by atoms with Gasteiger partial charge in [-0.1, -0.05) is 0 Å². The molecule has 0 aromatic carbocycles. The Kier molecular flexibility index (Phi) is 4.67. The van der Waals surface area contributed by atoms with Gasteiger partial charge in [0.1, 0.15) is 6.26 Å². The van der Waals surface area contributed by atoms with Crippen LogP contribution in [-0.4, -0.2) is 47.9 Å². The van der Waals surface area contributed by atoms with Gasteiger partial charge in [0, 0.05) is 19.1 Å². The second kappa shape index (κ2) is 6.87. The molecule has 0 N–H and O–H groups in total. The molecule has 0 saturated carbocycles. The molecule has 2 aromatic heterocycles. The Bertz CT molecular complexity index is 530. The van der Waals surface area contributed by atoms with Gasteiger partial charge in [0.05, 0.1) is 18.4 Å². The van der Waals surface area contributed by atoms with Crippen LogP contribution in [0.25, 0.3) is 11.5 Å². The van der Waals surface area contributed by atoms with E-state index in [4.69, 9.17) is 13.6 Å². The highest BCUT2D eigenvalue weighted by atomic mass is 16.5. The first kappa shape index (κ1) is 14.3. The van der Waals surface area contributed by atoms with Gasteiger partial charge in [0.25, 0.3) is 5.89 Å². The first-order valence-corrected chi connectivity index (χ1v) is 7.53. The predicted molar refractivity (Wildman–Crippen MR) is 76.9 cm³/mol. The van der Waals surface area contributed by atoms with Crippen LogP contribution in [0.4, 0.5) is 0 Å². The Hall–Kier alpha value is -1.66. The minimum atomic E-state index is 0.362. The summed E-state index contributed by atoms with van der Waals surface area (Å²) >= 11 is 0. The number of nitrogens with zero attached hydrogens (tertiary/aromatic N) is 3. The summed E-state index contributed by atoms with van der Waals surface area (Å²) in [6, 6.07) is 1.83. The van der Waals surface area contributed by atoms with E-state index in [9.17, 15) is 0 Å². The molecule has 0 unspecified atom stereocenters. The van der Waals surface area contributed by atoms with Crippen molar-refractivity contribution in [2.24, 2.45) is 0 Å². The maximum absolute atomic E-state index is 5.78. The van der Waals surface area contributed by atoms with E-state index in [1.807, 2.05) is 13.0 Å². The number of hydrogen-bond acceptors (Lipinski definition) is 6. The monoisotopic (exact) mass is 291 g/mol. The third-order valence-corrected chi connectivity index (χ3v) is 3.90. The second-order valence-corrected chi connectivity index (χ2v) is 5.27. The summed E-state index contributed by atoms with van der Waals surface area (Å²) in [6.45, 7) is 6.74. The van der Waals surface area contributed by atoms with Gasteiger partial charge in [-0.2, -0.15) is 0 Å². The summed E-state index contributed by atoms with van der Waals surface area (Å²) in [6.07, 6.45) is 5.34. The van der Waals surface area contributed by atoms with E-state index in [0.717, 1.165) is 57.1 Å². The Morgan fingerprint density at radius 1 is 1.33 bits per heavy atom. The van der Waals surface area contributed by atoms with Crippen molar-refractivity contribution < 1.29 is 13.6 Å². The fraction of sp³-hybridized carbons (Fsp3) is 0.600. The number of piperidine rings is 1. The normalized spacial score (nSPS) is 17.4. The first-order valence-electron chi connectivity index (χ1n) is 7.53. The molecule has 1 fully saturated rings. The molecule has 0 radical (unpaired) electrons. The first-order chi connectivity index (χ1) is 10.4. The van der Waals surface area contributed by atoms with Crippen molar-refractivity contribution in [2.45, 2.75) is 25.7 Å². The number of likely N-dealkylation sites (tertiary alicyclic amines) is 1. The highest BCUT2D eigenvalue weighted by Crippen LogP contribution is 2.29. The topological polar surface area (TPSA) is 64.5 Å². The number of hydrogen-bond donors (Lipinski definition) is 0. The van der Waals surface area contributed by atoms with E-state index < -0.39 is 0 Å². The zero-order valence-corrected chi connectivity index (χ0v) is 12.3. The number of aromatic nitrogens is 2. The van der Waals surface area contributed by atoms with Crippen LogP contribution in [-0.2, 0) is 4.74 Å². The van der Waals surface area contributed by atoms with Gasteiger partial charge in [-0.15, -0.1) is 10.2 Å². The van der Waals surface area contributed by atoms with Crippen LogP contribution >= 0.6 is 0 Å². The van der Waals surface area contributed by atoms with E-state index in [-0.39, 0.29) is 0 Å². The number of rotatable bonds is 6. The van der Waals surface area contributed by atoms with E-state index in [1.54, 1.807) is 12.5 Å². The molecule has 21 heavy (non-hydrogen) atoms. The summed E-state index contributed by atoms with van der Waals surface area (Å²) in [5, 5.41) is 8.30. The van der Waals surface area contributed by atoms with Crippen molar-refractivity contribution in [1.82, 2.24) is 15.1 Å². The molecule has 2 aromatic rings. The lowest BCUT2D eigenvalue weighted by atomic mass is 9.97. The third-order valence-electron chi connectivity index (χ3n) is 3.90. The fourth-order valence-corrected chi connectivity index (χ4v) is 2.64. The van der Waals surface area contributed by atoms with Gasteiger partial charge >= 0.3 is 0 Å². The van der Waals surface area contributed by atoms with Crippen molar-refractivity contribution in [3.8, 4) is 11.5 Å². The summed E-state index contributed by atoms with van der Waals surface area (Å²) < 4.78 is 16.2. The standard InChI is InChI=1S/C15H21N3O3/c1-2-19-10-8-18-6-3-12(4-7-18)14-16-17-15(21-14)13-5-9-20-11-13/h5,9,11-12H,2-4,6-8,10H2,1H3. The summed E-state index contributed by atoms with van der Waals surface area (Å²) in [4.78, 5) is 2.43. The molecule has 1 aliphatic rings. The molecule has 0 atom stereocenters. The van der Waals surface area contributed by atoms with Crippen LogP contribution in [0.15, 0.2) is 27.4 Å². The lowest BCUT2D eigenvalue weighted by molar-refractivity contribution is 0.100. The van der Waals surface area contributed by atoms with Crippen molar-refractivity contribution in [3.63, 3.8) is 0 Å². The Morgan fingerprint density at radius 2 is 2.19 bits per heavy atom. The molecule has 3 rings (SSSR count). The molecule has 0 amide bonds. The van der Waals surface area contributed by atoms with E-state index in [0.29, 0.717) is 11.8 Å². The zero-order valence-electron chi connectivity index (χ0n) is 12.3.